The van der Waals surface area contributed by atoms with Crippen molar-refractivity contribution in [3.05, 3.63) is 47.5 Å². The number of benzene rings is 1. The van der Waals surface area contributed by atoms with Crippen LogP contribution in [0.2, 0.25) is 0 Å². The maximum absolute atomic E-state index is 9.61. The molecule has 1 aromatic rings. The molecule has 0 spiro atoms. The van der Waals surface area contributed by atoms with Crippen molar-refractivity contribution >= 4 is 0 Å². The number of hydrogen-bond donors (Lipinski definition) is 2. The largest absolute Gasteiger partial charge is 0.394 e. The summed E-state index contributed by atoms with van der Waals surface area (Å²) in [5, 5.41) is 13.2. The second kappa shape index (κ2) is 6.11. The van der Waals surface area contributed by atoms with Gasteiger partial charge in [0, 0.05) is 12.1 Å². The fourth-order valence-corrected chi connectivity index (χ4v) is 3.22. The molecule has 0 radical (unpaired) electrons. The topological polar surface area (TPSA) is 32.3 Å². The quantitative estimate of drug-likeness (QED) is 0.779. The van der Waals surface area contributed by atoms with Gasteiger partial charge >= 0.3 is 0 Å². The van der Waals surface area contributed by atoms with Gasteiger partial charge in [0.2, 0.25) is 0 Å². The first kappa shape index (κ1) is 13.8. The van der Waals surface area contributed by atoms with Gasteiger partial charge < -0.3 is 10.4 Å². The Hall–Kier alpha value is -1.12. The molecule has 2 aliphatic carbocycles. The van der Waals surface area contributed by atoms with Crippen LogP contribution in [0, 0.1) is 5.92 Å². The van der Waals surface area contributed by atoms with Crippen LogP contribution in [0.4, 0.5) is 0 Å². The zero-order valence-corrected chi connectivity index (χ0v) is 12.1. The Morgan fingerprint density at radius 1 is 1.15 bits per heavy atom. The number of aliphatic hydroxyl groups is 1. The molecule has 2 aliphatic rings. The molecule has 0 aliphatic heterocycles. The molecule has 0 unspecified atom stereocenters. The third kappa shape index (κ3) is 3.13. The monoisotopic (exact) mass is 271 g/mol. The summed E-state index contributed by atoms with van der Waals surface area (Å²) in [7, 11) is 0. The van der Waals surface area contributed by atoms with Crippen molar-refractivity contribution in [2.24, 2.45) is 5.92 Å². The first-order chi connectivity index (χ1) is 9.80. The lowest BCUT2D eigenvalue weighted by atomic mass is 9.81. The van der Waals surface area contributed by atoms with Crippen LogP contribution in [0.3, 0.4) is 0 Å². The third-order valence-corrected chi connectivity index (χ3v) is 4.89. The predicted octanol–water partition coefficient (Wildman–Crippen LogP) is 3.20. The molecule has 3 rings (SSSR count). The Balaban J connectivity index is 1.57. The summed E-state index contributed by atoms with van der Waals surface area (Å²) in [5.41, 5.74) is 2.68. The Kier molecular flexibility index (Phi) is 4.23. The average molecular weight is 271 g/mol. The van der Waals surface area contributed by atoms with E-state index in [0.717, 1.165) is 25.3 Å². The van der Waals surface area contributed by atoms with Crippen LogP contribution in [-0.2, 0) is 13.0 Å². The van der Waals surface area contributed by atoms with E-state index in [1.54, 1.807) is 0 Å². The van der Waals surface area contributed by atoms with Crippen molar-refractivity contribution in [3.63, 3.8) is 0 Å². The minimum atomic E-state index is -0.121. The van der Waals surface area contributed by atoms with Crippen LogP contribution < -0.4 is 5.32 Å². The van der Waals surface area contributed by atoms with E-state index in [1.165, 1.54) is 36.8 Å². The molecular formula is C18H25NO. The van der Waals surface area contributed by atoms with Gasteiger partial charge in [-0.3, -0.25) is 0 Å². The molecule has 0 saturated heterocycles. The Labute approximate surface area is 121 Å². The van der Waals surface area contributed by atoms with Crippen molar-refractivity contribution < 1.29 is 5.11 Å². The van der Waals surface area contributed by atoms with Gasteiger partial charge in [0.25, 0.3) is 0 Å². The lowest BCUT2D eigenvalue weighted by Crippen LogP contribution is -2.45. The first-order valence-electron chi connectivity index (χ1n) is 7.88. The van der Waals surface area contributed by atoms with Crippen molar-refractivity contribution in [2.45, 2.75) is 50.6 Å². The number of nitrogens with one attached hydrogen (secondary N) is 1. The lowest BCUT2D eigenvalue weighted by molar-refractivity contribution is 0.168. The third-order valence-electron chi connectivity index (χ3n) is 4.89. The van der Waals surface area contributed by atoms with E-state index in [4.69, 9.17) is 0 Å². The van der Waals surface area contributed by atoms with Gasteiger partial charge in [0.05, 0.1) is 6.61 Å². The lowest BCUT2D eigenvalue weighted by Gasteiger charge is -2.28. The fraction of sp³-hybridized carbons (Fsp3) is 0.556. The summed E-state index contributed by atoms with van der Waals surface area (Å²) in [5.74, 6) is 0.918. The van der Waals surface area contributed by atoms with Crippen LogP contribution in [0.25, 0.3) is 0 Å². The molecule has 1 fully saturated rings. The van der Waals surface area contributed by atoms with Crippen molar-refractivity contribution in [3.8, 4) is 0 Å². The highest BCUT2D eigenvalue weighted by Crippen LogP contribution is 2.30. The second-order valence-electron chi connectivity index (χ2n) is 6.49. The minimum absolute atomic E-state index is 0.121. The van der Waals surface area contributed by atoms with E-state index < -0.39 is 0 Å². The van der Waals surface area contributed by atoms with E-state index >= 15 is 0 Å². The summed E-state index contributed by atoms with van der Waals surface area (Å²) in [6.07, 6.45) is 11.7. The normalized spacial score (nSPS) is 21.1. The summed E-state index contributed by atoms with van der Waals surface area (Å²) in [6, 6.07) is 8.94. The Morgan fingerprint density at radius 2 is 1.90 bits per heavy atom. The molecule has 1 aromatic carbocycles. The van der Waals surface area contributed by atoms with Gasteiger partial charge in [0.15, 0.2) is 0 Å². The van der Waals surface area contributed by atoms with Crippen LogP contribution >= 0.6 is 0 Å². The van der Waals surface area contributed by atoms with Crippen molar-refractivity contribution in [1.29, 1.82) is 0 Å². The number of aliphatic hydroxyl groups excluding tert-OH is 1. The van der Waals surface area contributed by atoms with E-state index in [-0.39, 0.29) is 12.1 Å². The van der Waals surface area contributed by atoms with Gasteiger partial charge in [-0.1, -0.05) is 55.7 Å². The molecule has 1 saturated carbocycles. The van der Waals surface area contributed by atoms with Crippen molar-refractivity contribution in [2.75, 3.05) is 6.61 Å². The summed E-state index contributed by atoms with van der Waals surface area (Å²) < 4.78 is 0. The van der Waals surface area contributed by atoms with Gasteiger partial charge in [-0.25, -0.2) is 0 Å². The zero-order valence-electron chi connectivity index (χ0n) is 12.1. The highest BCUT2D eigenvalue weighted by Gasteiger charge is 2.29. The van der Waals surface area contributed by atoms with Crippen LogP contribution in [0.15, 0.2) is 36.4 Å². The Bertz CT molecular complexity index is 468. The molecule has 2 nitrogen and oxygen atoms in total. The van der Waals surface area contributed by atoms with Crippen molar-refractivity contribution in [1.82, 2.24) is 5.32 Å². The minimum Gasteiger partial charge on any atom is -0.394 e. The van der Waals surface area contributed by atoms with Gasteiger partial charge in [-0.2, -0.15) is 0 Å². The van der Waals surface area contributed by atoms with E-state index in [2.05, 4.69) is 41.7 Å². The van der Waals surface area contributed by atoms with E-state index in [9.17, 15) is 5.11 Å². The van der Waals surface area contributed by atoms with Crippen LogP contribution in [-0.4, -0.2) is 17.3 Å². The zero-order chi connectivity index (χ0) is 13.8. The maximum Gasteiger partial charge on any atom is 0.0619 e. The molecule has 2 heteroatoms. The van der Waals surface area contributed by atoms with Crippen LogP contribution in [0.1, 0.15) is 43.2 Å². The standard InChI is InChI=1S/C18H25NO/c20-14-18(9-1-2-10-18)19-13-17-8-4-7-16(12-17)11-15-5-3-6-15/h1-2,4,7-8,12,15,19-20H,3,5-6,9-11,13-14H2. The van der Waals surface area contributed by atoms with Gasteiger partial charge in [0.1, 0.15) is 0 Å². The molecule has 2 N–H and O–H groups in total. The fourth-order valence-electron chi connectivity index (χ4n) is 3.22. The summed E-state index contributed by atoms with van der Waals surface area (Å²) in [4.78, 5) is 0. The van der Waals surface area contributed by atoms with Gasteiger partial charge in [-0.05, 0) is 36.3 Å². The van der Waals surface area contributed by atoms with Crippen LogP contribution in [0.5, 0.6) is 0 Å². The molecule has 20 heavy (non-hydrogen) atoms. The summed E-state index contributed by atoms with van der Waals surface area (Å²) in [6.45, 7) is 1.06. The van der Waals surface area contributed by atoms with E-state index in [1.807, 2.05) is 0 Å². The molecule has 0 atom stereocenters. The Morgan fingerprint density at radius 3 is 2.55 bits per heavy atom. The highest BCUT2D eigenvalue weighted by molar-refractivity contribution is 5.24. The molecule has 0 amide bonds. The highest BCUT2D eigenvalue weighted by atomic mass is 16.3. The number of rotatable bonds is 6. The van der Waals surface area contributed by atoms with E-state index in [0.29, 0.717) is 0 Å². The average Bonchev–Trinajstić information content (AvgIpc) is 2.91. The maximum atomic E-state index is 9.61. The number of hydrogen-bond acceptors (Lipinski definition) is 2. The molecule has 0 aromatic heterocycles. The van der Waals surface area contributed by atoms with Gasteiger partial charge in [-0.15, -0.1) is 0 Å². The second-order valence-corrected chi connectivity index (χ2v) is 6.49. The SMILES string of the molecule is OCC1(NCc2cccc(CC3CCC3)c2)CC=CC1. The summed E-state index contributed by atoms with van der Waals surface area (Å²) >= 11 is 0. The molecule has 0 heterocycles. The molecular weight excluding hydrogens is 246 g/mol. The molecule has 0 bridgehead atoms. The smallest absolute Gasteiger partial charge is 0.0619 e. The molecule has 108 valence electrons. The first-order valence-corrected chi connectivity index (χ1v) is 7.88. The predicted molar refractivity (Wildman–Crippen MR) is 82.5 cm³/mol.